The zero-order chi connectivity index (χ0) is 12.9. The van der Waals surface area contributed by atoms with Gasteiger partial charge in [0.25, 0.3) is 0 Å². The molecule has 0 aliphatic carbocycles. The summed E-state index contributed by atoms with van der Waals surface area (Å²) in [5, 5.41) is 11.6. The molecule has 0 radical (unpaired) electrons. The van der Waals surface area contributed by atoms with Crippen LogP contribution in [-0.2, 0) is 11.2 Å². The summed E-state index contributed by atoms with van der Waals surface area (Å²) in [4.78, 5) is 11.6. The van der Waals surface area contributed by atoms with E-state index >= 15 is 0 Å². The van der Waals surface area contributed by atoms with Gasteiger partial charge in [-0.1, -0.05) is 34.1 Å². The van der Waals surface area contributed by atoms with E-state index in [1.165, 1.54) is 0 Å². The van der Waals surface area contributed by atoms with Crippen LogP contribution in [0.3, 0.4) is 0 Å². The lowest BCUT2D eigenvalue weighted by Crippen LogP contribution is -2.37. The number of amides is 1. The Labute approximate surface area is 110 Å². The normalized spacial score (nSPS) is 10.7. The second-order valence-corrected chi connectivity index (χ2v) is 5.19. The summed E-state index contributed by atoms with van der Waals surface area (Å²) in [6, 6.07) is 9.86. The minimum absolute atomic E-state index is 0.230. The molecule has 0 spiro atoms. The van der Waals surface area contributed by atoms with Crippen LogP contribution in [-0.4, -0.2) is 12.5 Å². The second-order valence-electron chi connectivity index (χ2n) is 4.33. The molecule has 0 aliphatic rings. The highest BCUT2D eigenvalue weighted by molar-refractivity contribution is 9.10. The molecule has 0 saturated heterocycles. The number of carbonyl (C=O) groups is 1. The van der Waals surface area contributed by atoms with Gasteiger partial charge < -0.3 is 5.32 Å². The van der Waals surface area contributed by atoms with Gasteiger partial charge in [0.2, 0.25) is 5.91 Å². The molecule has 0 heterocycles. The fraction of sp³-hybridized carbons (Fsp3) is 0.385. The van der Waals surface area contributed by atoms with Gasteiger partial charge in [0.1, 0.15) is 5.41 Å². The average molecular weight is 295 g/mol. The number of hydrogen-bond acceptors (Lipinski definition) is 2. The number of hydrogen-bond donors (Lipinski definition) is 1. The van der Waals surface area contributed by atoms with E-state index in [0.717, 1.165) is 16.5 Å². The molecule has 0 unspecified atom stereocenters. The van der Waals surface area contributed by atoms with E-state index in [1.54, 1.807) is 13.8 Å². The first-order valence-corrected chi connectivity index (χ1v) is 6.19. The van der Waals surface area contributed by atoms with Crippen LogP contribution in [0.1, 0.15) is 19.4 Å². The van der Waals surface area contributed by atoms with Crippen molar-refractivity contribution in [3.8, 4) is 6.07 Å². The second kappa shape index (κ2) is 5.83. The van der Waals surface area contributed by atoms with Gasteiger partial charge in [-0.15, -0.1) is 0 Å². The predicted octanol–water partition coefficient (Wildman–Crippen LogP) is 2.66. The van der Waals surface area contributed by atoms with Crippen LogP contribution in [0.4, 0.5) is 0 Å². The molecule has 1 aromatic carbocycles. The highest BCUT2D eigenvalue weighted by atomic mass is 79.9. The van der Waals surface area contributed by atoms with Crippen LogP contribution in [0.15, 0.2) is 28.7 Å². The highest BCUT2D eigenvalue weighted by Gasteiger charge is 2.26. The van der Waals surface area contributed by atoms with Crippen LogP contribution < -0.4 is 5.32 Å². The molecular formula is C13H15BrN2O. The lowest BCUT2D eigenvalue weighted by Gasteiger charge is -2.15. The van der Waals surface area contributed by atoms with Crippen molar-refractivity contribution in [3.63, 3.8) is 0 Å². The topological polar surface area (TPSA) is 52.9 Å². The van der Waals surface area contributed by atoms with Crippen LogP contribution in [0, 0.1) is 16.7 Å². The van der Waals surface area contributed by atoms with E-state index in [4.69, 9.17) is 5.26 Å². The van der Waals surface area contributed by atoms with Crippen molar-refractivity contribution in [2.24, 2.45) is 5.41 Å². The molecule has 0 atom stereocenters. The number of nitrogens with zero attached hydrogens (tertiary/aromatic N) is 1. The van der Waals surface area contributed by atoms with Gasteiger partial charge in [0.15, 0.2) is 0 Å². The van der Waals surface area contributed by atoms with Gasteiger partial charge in [0, 0.05) is 11.0 Å². The fourth-order valence-corrected chi connectivity index (χ4v) is 1.77. The Bertz CT molecular complexity index is 449. The summed E-state index contributed by atoms with van der Waals surface area (Å²) in [6.45, 7) is 3.76. The van der Waals surface area contributed by atoms with Gasteiger partial charge >= 0.3 is 0 Å². The predicted molar refractivity (Wildman–Crippen MR) is 70.2 cm³/mol. The first-order chi connectivity index (χ1) is 7.97. The molecule has 0 aliphatic heterocycles. The van der Waals surface area contributed by atoms with Crippen LogP contribution >= 0.6 is 15.9 Å². The third-order valence-electron chi connectivity index (χ3n) is 2.48. The SMILES string of the molecule is CC(C)(C#N)C(=O)NCCc1ccccc1Br. The summed E-state index contributed by atoms with van der Waals surface area (Å²) in [5.41, 5.74) is 0.177. The fourth-order valence-electron chi connectivity index (χ4n) is 1.28. The molecular weight excluding hydrogens is 280 g/mol. The Balaban J connectivity index is 2.47. The summed E-state index contributed by atoms with van der Waals surface area (Å²) in [5.74, 6) is -0.230. The highest BCUT2D eigenvalue weighted by Crippen LogP contribution is 2.16. The van der Waals surface area contributed by atoms with Crippen molar-refractivity contribution in [2.45, 2.75) is 20.3 Å². The van der Waals surface area contributed by atoms with Gasteiger partial charge in [-0.05, 0) is 31.9 Å². The third kappa shape index (κ3) is 3.86. The number of nitriles is 1. The maximum atomic E-state index is 11.6. The molecule has 0 saturated carbocycles. The Morgan fingerprint density at radius 1 is 1.47 bits per heavy atom. The Hall–Kier alpha value is -1.34. The Morgan fingerprint density at radius 2 is 2.12 bits per heavy atom. The first-order valence-electron chi connectivity index (χ1n) is 5.40. The average Bonchev–Trinajstić information content (AvgIpc) is 2.31. The van der Waals surface area contributed by atoms with Crippen molar-refractivity contribution in [2.75, 3.05) is 6.54 Å². The van der Waals surface area contributed by atoms with E-state index in [-0.39, 0.29) is 5.91 Å². The van der Waals surface area contributed by atoms with E-state index in [0.29, 0.717) is 6.54 Å². The van der Waals surface area contributed by atoms with Crippen molar-refractivity contribution < 1.29 is 4.79 Å². The maximum Gasteiger partial charge on any atom is 0.239 e. The molecule has 1 rings (SSSR count). The first kappa shape index (κ1) is 13.7. The lowest BCUT2D eigenvalue weighted by atomic mass is 9.95. The van der Waals surface area contributed by atoms with Gasteiger partial charge in [-0.2, -0.15) is 5.26 Å². The number of nitrogens with one attached hydrogen (secondary N) is 1. The molecule has 4 heteroatoms. The van der Waals surface area contributed by atoms with E-state index < -0.39 is 5.41 Å². The number of carbonyl (C=O) groups excluding carboxylic acids is 1. The molecule has 0 aromatic heterocycles. The van der Waals surface area contributed by atoms with Crippen LogP contribution in [0.2, 0.25) is 0 Å². The largest absolute Gasteiger partial charge is 0.354 e. The monoisotopic (exact) mass is 294 g/mol. The zero-order valence-electron chi connectivity index (χ0n) is 9.96. The molecule has 3 nitrogen and oxygen atoms in total. The third-order valence-corrected chi connectivity index (χ3v) is 3.26. The number of rotatable bonds is 4. The van der Waals surface area contributed by atoms with Crippen molar-refractivity contribution >= 4 is 21.8 Å². The number of benzene rings is 1. The minimum Gasteiger partial charge on any atom is -0.354 e. The number of halogens is 1. The molecule has 1 N–H and O–H groups in total. The summed E-state index contributed by atoms with van der Waals surface area (Å²) >= 11 is 3.45. The molecule has 17 heavy (non-hydrogen) atoms. The van der Waals surface area contributed by atoms with Gasteiger partial charge in [-0.25, -0.2) is 0 Å². The maximum absolute atomic E-state index is 11.6. The van der Waals surface area contributed by atoms with E-state index in [9.17, 15) is 4.79 Å². The molecule has 90 valence electrons. The van der Waals surface area contributed by atoms with Crippen molar-refractivity contribution in [1.82, 2.24) is 5.32 Å². The Kier molecular flexibility index (Phi) is 4.71. The van der Waals surface area contributed by atoms with Crippen LogP contribution in [0.5, 0.6) is 0 Å². The summed E-state index contributed by atoms with van der Waals surface area (Å²) in [7, 11) is 0. The van der Waals surface area contributed by atoms with Crippen LogP contribution in [0.25, 0.3) is 0 Å². The molecule has 1 aromatic rings. The van der Waals surface area contributed by atoms with E-state index in [1.807, 2.05) is 30.3 Å². The zero-order valence-corrected chi connectivity index (χ0v) is 11.5. The summed E-state index contributed by atoms with van der Waals surface area (Å²) in [6.07, 6.45) is 0.745. The standard InChI is InChI=1S/C13H15BrN2O/c1-13(2,9-15)12(17)16-8-7-10-5-3-4-6-11(10)14/h3-6H,7-8H2,1-2H3,(H,16,17). The smallest absolute Gasteiger partial charge is 0.239 e. The minimum atomic E-state index is -0.964. The molecule has 1 amide bonds. The lowest BCUT2D eigenvalue weighted by molar-refractivity contribution is -0.126. The van der Waals surface area contributed by atoms with Gasteiger partial charge in [-0.3, -0.25) is 4.79 Å². The Morgan fingerprint density at radius 3 is 2.71 bits per heavy atom. The molecule has 0 bridgehead atoms. The van der Waals surface area contributed by atoms with Crippen molar-refractivity contribution in [1.29, 1.82) is 5.26 Å². The molecule has 0 fully saturated rings. The summed E-state index contributed by atoms with van der Waals surface area (Å²) < 4.78 is 1.04. The van der Waals surface area contributed by atoms with Crippen molar-refractivity contribution in [3.05, 3.63) is 34.3 Å². The van der Waals surface area contributed by atoms with E-state index in [2.05, 4.69) is 21.2 Å². The quantitative estimate of drug-likeness (QED) is 0.928. The van der Waals surface area contributed by atoms with Gasteiger partial charge in [0.05, 0.1) is 6.07 Å².